The number of nitrogens with one attached hydrogen (secondary N) is 1. The number of rotatable bonds is 62. The molecule has 0 fully saturated rings. The number of ether oxygens (including phenoxy) is 1. The van der Waals surface area contributed by atoms with Crippen LogP contribution in [0, 0.1) is 0 Å². The first-order valence-electron chi connectivity index (χ1n) is 33.3. The van der Waals surface area contributed by atoms with E-state index in [0.717, 1.165) is 44.9 Å². The zero-order valence-corrected chi connectivity index (χ0v) is 49.8. The van der Waals surface area contributed by atoms with E-state index in [9.17, 15) is 19.8 Å². The Morgan fingerprint density at radius 3 is 0.959 bits per heavy atom. The van der Waals surface area contributed by atoms with Crippen LogP contribution in [-0.2, 0) is 14.3 Å². The maximum Gasteiger partial charge on any atom is 0.305 e. The van der Waals surface area contributed by atoms with Crippen LogP contribution in [0.4, 0.5) is 0 Å². The van der Waals surface area contributed by atoms with Gasteiger partial charge in [0, 0.05) is 12.8 Å². The minimum atomic E-state index is -0.844. The molecule has 6 nitrogen and oxygen atoms in total. The maximum absolute atomic E-state index is 12.5. The number of aliphatic hydroxyl groups is 2. The number of amides is 1. The summed E-state index contributed by atoms with van der Waals surface area (Å²) < 4.78 is 5.48. The van der Waals surface area contributed by atoms with Gasteiger partial charge in [-0.15, -0.1) is 0 Å². The standard InChI is InChI=1S/C68H129NO5/c1-3-5-7-9-11-13-15-17-33-36-40-44-48-52-56-60-66(71)65(64-70)69-67(72)61-57-53-49-45-41-37-34-31-29-27-25-23-21-19-20-22-24-26-28-30-32-35-39-43-47-51-55-59-63-74-68(73)62-58-54-50-46-42-38-18-16-14-12-10-8-6-4-2/h16,18-20,56,60,65-66,70-71H,3-15,17,21-55,57-59,61-64H2,1-2H3,(H,69,72)/b18-16-,20-19-,60-56+. The van der Waals surface area contributed by atoms with E-state index >= 15 is 0 Å². The lowest BCUT2D eigenvalue weighted by atomic mass is 10.0. The largest absolute Gasteiger partial charge is 0.466 e. The minimum absolute atomic E-state index is 0.00704. The summed E-state index contributed by atoms with van der Waals surface area (Å²) in [6.07, 6.45) is 80.6. The number of esters is 1. The number of aliphatic hydroxyl groups excluding tert-OH is 2. The third-order valence-corrected chi connectivity index (χ3v) is 15.4. The Bertz CT molecular complexity index is 1200. The molecule has 3 N–H and O–H groups in total. The van der Waals surface area contributed by atoms with E-state index in [-0.39, 0.29) is 18.5 Å². The topological polar surface area (TPSA) is 95.9 Å². The van der Waals surface area contributed by atoms with Crippen molar-refractivity contribution in [2.75, 3.05) is 13.2 Å². The van der Waals surface area contributed by atoms with Gasteiger partial charge in [0.2, 0.25) is 5.91 Å². The van der Waals surface area contributed by atoms with Gasteiger partial charge in [0.25, 0.3) is 0 Å². The Balaban J connectivity index is 3.39. The van der Waals surface area contributed by atoms with E-state index in [1.807, 2.05) is 6.08 Å². The predicted molar refractivity (Wildman–Crippen MR) is 324 cm³/mol. The highest BCUT2D eigenvalue weighted by atomic mass is 16.5. The Labute approximate surface area is 462 Å². The molecule has 0 radical (unpaired) electrons. The number of unbranched alkanes of at least 4 members (excludes halogenated alkanes) is 47. The lowest BCUT2D eigenvalue weighted by molar-refractivity contribution is -0.143. The summed E-state index contributed by atoms with van der Waals surface area (Å²) in [6.45, 7) is 4.91. The highest BCUT2D eigenvalue weighted by molar-refractivity contribution is 5.76. The maximum atomic E-state index is 12.5. The molecule has 74 heavy (non-hydrogen) atoms. The number of allylic oxidation sites excluding steroid dienone is 5. The van der Waals surface area contributed by atoms with Crippen molar-refractivity contribution in [3.8, 4) is 0 Å². The molecular weight excluding hydrogens is 911 g/mol. The van der Waals surface area contributed by atoms with Crippen molar-refractivity contribution in [2.45, 2.75) is 373 Å². The smallest absolute Gasteiger partial charge is 0.305 e. The first-order valence-corrected chi connectivity index (χ1v) is 33.3. The Kier molecular flexibility index (Phi) is 62.0. The van der Waals surface area contributed by atoms with Gasteiger partial charge in [0.1, 0.15) is 0 Å². The van der Waals surface area contributed by atoms with Gasteiger partial charge in [-0.2, -0.15) is 0 Å². The molecule has 2 unspecified atom stereocenters. The molecule has 0 aliphatic carbocycles. The number of carbonyl (C=O) groups excluding carboxylic acids is 2. The van der Waals surface area contributed by atoms with Crippen LogP contribution in [0.2, 0.25) is 0 Å². The van der Waals surface area contributed by atoms with Crippen LogP contribution >= 0.6 is 0 Å². The summed E-state index contributed by atoms with van der Waals surface area (Å²) >= 11 is 0. The Hall–Kier alpha value is -1.92. The molecule has 0 aliphatic rings. The second-order valence-corrected chi connectivity index (χ2v) is 22.8. The Morgan fingerprint density at radius 1 is 0.365 bits per heavy atom. The lowest BCUT2D eigenvalue weighted by Gasteiger charge is -2.20. The fourth-order valence-corrected chi connectivity index (χ4v) is 10.3. The summed E-state index contributed by atoms with van der Waals surface area (Å²) in [5.74, 6) is -0.0593. The first kappa shape index (κ1) is 72.1. The van der Waals surface area contributed by atoms with Crippen molar-refractivity contribution in [3.63, 3.8) is 0 Å². The second-order valence-electron chi connectivity index (χ2n) is 22.8. The summed E-state index contributed by atoms with van der Waals surface area (Å²) in [5, 5.41) is 23.1. The van der Waals surface area contributed by atoms with Crippen LogP contribution in [0.15, 0.2) is 36.5 Å². The summed E-state index contributed by atoms with van der Waals surface area (Å²) in [7, 11) is 0. The molecule has 0 aromatic carbocycles. The fourth-order valence-electron chi connectivity index (χ4n) is 10.3. The number of carbonyl (C=O) groups is 2. The predicted octanol–water partition coefficient (Wildman–Crippen LogP) is 21.1. The van der Waals surface area contributed by atoms with E-state index < -0.39 is 12.1 Å². The van der Waals surface area contributed by atoms with Crippen LogP contribution in [-0.4, -0.2) is 47.4 Å². The molecule has 436 valence electrons. The van der Waals surface area contributed by atoms with E-state index in [2.05, 4.69) is 43.5 Å². The van der Waals surface area contributed by atoms with Gasteiger partial charge in [0.05, 0.1) is 25.4 Å². The lowest BCUT2D eigenvalue weighted by Crippen LogP contribution is -2.45. The van der Waals surface area contributed by atoms with Crippen molar-refractivity contribution in [3.05, 3.63) is 36.5 Å². The van der Waals surface area contributed by atoms with Crippen LogP contribution in [0.3, 0.4) is 0 Å². The fraction of sp³-hybridized carbons (Fsp3) is 0.882. The van der Waals surface area contributed by atoms with Crippen molar-refractivity contribution in [1.82, 2.24) is 5.32 Å². The zero-order valence-electron chi connectivity index (χ0n) is 49.8. The van der Waals surface area contributed by atoms with Crippen LogP contribution in [0.5, 0.6) is 0 Å². The van der Waals surface area contributed by atoms with Crippen LogP contribution in [0.1, 0.15) is 361 Å². The zero-order chi connectivity index (χ0) is 53.6. The van der Waals surface area contributed by atoms with Crippen molar-refractivity contribution >= 4 is 11.9 Å². The average Bonchev–Trinajstić information content (AvgIpc) is 3.40. The molecule has 0 bridgehead atoms. The molecule has 2 atom stereocenters. The molecule has 0 aliphatic heterocycles. The molecule has 0 aromatic rings. The van der Waals surface area contributed by atoms with E-state index in [1.165, 1.54) is 289 Å². The SMILES string of the molecule is CCCCCCC/C=C\CCCCCCCC(=O)OCCCCCCCCCCCCCC/C=C\CCCCCCCCCCCCCCC(=O)NC(CO)C(O)/C=C/CCCCCCCCCCCCCCC. The van der Waals surface area contributed by atoms with E-state index in [4.69, 9.17) is 4.74 Å². The minimum Gasteiger partial charge on any atom is -0.466 e. The van der Waals surface area contributed by atoms with Gasteiger partial charge in [-0.05, 0) is 83.5 Å². The summed E-state index contributed by atoms with van der Waals surface area (Å²) in [6, 6.07) is -0.628. The third-order valence-electron chi connectivity index (χ3n) is 15.4. The summed E-state index contributed by atoms with van der Waals surface area (Å²) in [5.41, 5.74) is 0. The van der Waals surface area contributed by atoms with E-state index in [0.29, 0.717) is 19.4 Å². The molecular formula is C68H129NO5. The van der Waals surface area contributed by atoms with Crippen molar-refractivity contribution in [1.29, 1.82) is 0 Å². The molecule has 0 saturated carbocycles. The van der Waals surface area contributed by atoms with Crippen molar-refractivity contribution < 1.29 is 24.5 Å². The third kappa shape index (κ3) is 59.3. The van der Waals surface area contributed by atoms with Gasteiger partial charge in [-0.1, -0.05) is 301 Å². The summed E-state index contributed by atoms with van der Waals surface area (Å²) in [4.78, 5) is 24.5. The van der Waals surface area contributed by atoms with Gasteiger partial charge < -0.3 is 20.3 Å². The average molecular weight is 1040 g/mol. The molecule has 0 rings (SSSR count). The van der Waals surface area contributed by atoms with Gasteiger partial charge in [0.15, 0.2) is 0 Å². The number of hydrogen-bond donors (Lipinski definition) is 3. The second kappa shape index (κ2) is 63.6. The molecule has 1 amide bonds. The Morgan fingerprint density at radius 2 is 0.635 bits per heavy atom. The van der Waals surface area contributed by atoms with Crippen LogP contribution in [0.25, 0.3) is 0 Å². The van der Waals surface area contributed by atoms with Gasteiger partial charge >= 0.3 is 5.97 Å². The number of hydrogen-bond acceptors (Lipinski definition) is 5. The van der Waals surface area contributed by atoms with Crippen LogP contribution < -0.4 is 5.32 Å². The monoisotopic (exact) mass is 1040 g/mol. The van der Waals surface area contributed by atoms with Crippen molar-refractivity contribution in [2.24, 2.45) is 0 Å². The first-order chi connectivity index (χ1) is 36.5. The highest BCUT2D eigenvalue weighted by Gasteiger charge is 2.18. The van der Waals surface area contributed by atoms with E-state index in [1.54, 1.807) is 6.08 Å². The molecule has 0 aromatic heterocycles. The molecule has 0 spiro atoms. The van der Waals surface area contributed by atoms with Gasteiger partial charge in [-0.25, -0.2) is 0 Å². The molecule has 0 saturated heterocycles. The molecule has 6 heteroatoms. The van der Waals surface area contributed by atoms with Gasteiger partial charge in [-0.3, -0.25) is 9.59 Å². The normalized spacial score (nSPS) is 12.8. The molecule has 0 heterocycles. The highest BCUT2D eigenvalue weighted by Crippen LogP contribution is 2.17. The quantitative estimate of drug-likeness (QED) is 0.0320.